The first-order valence-corrected chi connectivity index (χ1v) is 8.33. The van der Waals surface area contributed by atoms with Gasteiger partial charge in [-0.05, 0) is 36.2 Å². The van der Waals surface area contributed by atoms with Crippen LogP contribution < -0.4 is 0 Å². The van der Waals surface area contributed by atoms with Crippen LogP contribution in [-0.4, -0.2) is 9.11 Å². The molecule has 21 heavy (non-hydrogen) atoms. The van der Waals surface area contributed by atoms with Crippen molar-refractivity contribution in [2.75, 3.05) is 0 Å². The lowest BCUT2D eigenvalue weighted by molar-refractivity contribution is 0.512. The van der Waals surface area contributed by atoms with Crippen LogP contribution in [0, 0.1) is 0 Å². The van der Waals surface area contributed by atoms with Gasteiger partial charge in [0, 0.05) is 16.2 Å². The van der Waals surface area contributed by atoms with E-state index in [1.165, 1.54) is 5.41 Å². The molecule has 0 amide bonds. The molecule has 3 nitrogen and oxygen atoms in total. The average molecular weight is 298 g/mol. The van der Waals surface area contributed by atoms with Crippen molar-refractivity contribution in [3.8, 4) is 0 Å². The van der Waals surface area contributed by atoms with Crippen molar-refractivity contribution in [2.24, 2.45) is 0 Å². The molecule has 2 heterocycles. The van der Waals surface area contributed by atoms with Gasteiger partial charge < -0.3 is 4.42 Å². The molecular weight excluding hydrogens is 284 g/mol. The Labute approximate surface area is 123 Å². The van der Waals surface area contributed by atoms with Crippen molar-refractivity contribution in [3.05, 3.63) is 65.6 Å². The van der Waals surface area contributed by atoms with Crippen molar-refractivity contribution in [1.29, 1.82) is 0 Å². The molecular formula is C17H14O3S. The predicted molar refractivity (Wildman–Crippen MR) is 88.3 cm³/mol. The first-order chi connectivity index (χ1) is 10.1. The van der Waals surface area contributed by atoms with E-state index >= 15 is 0 Å². The van der Waals surface area contributed by atoms with E-state index < -0.39 is 10.6 Å². The third-order valence-electron chi connectivity index (χ3n) is 3.71. The van der Waals surface area contributed by atoms with Gasteiger partial charge in [0.05, 0.1) is 4.91 Å². The summed E-state index contributed by atoms with van der Waals surface area (Å²) in [4.78, 5) is 0.595. The minimum atomic E-state index is -2.83. The summed E-state index contributed by atoms with van der Waals surface area (Å²) >= 11 is 0. The average Bonchev–Trinajstić information content (AvgIpc) is 2.84. The Hall–Kier alpha value is -2.01. The molecule has 1 aliphatic rings. The SMILES string of the molecule is OS1(O)C=CCC=C1c1ccc2oc3ccccc3c2c1. The van der Waals surface area contributed by atoms with Gasteiger partial charge in [0.25, 0.3) is 0 Å². The second-order valence-corrected chi connectivity index (χ2v) is 6.98. The third kappa shape index (κ3) is 2.00. The number of para-hydroxylation sites is 1. The largest absolute Gasteiger partial charge is 0.456 e. The lowest BCUT2D eigenvalue weighted by Crippen LogP contribution is -2.00. The maximum absolute atomic E-state index is 10.2. The molecule has 0 aliphatic carbocycles. The summed E-state index contributed by atoms with van der Waals surface area (Å²) in [5.74, 6) is 0. The Bertz CT molecular complexity index is 903. The number of hydrogen-bond acceptors (Lipinski definition) is 3. The van der Waals surface area contributed by atoms with Gasteiger partial charge in [-0.1, -0.05) is 30.4 Å². The van der Waals surface area contributed by atoms with E-state index in [-0.39, 0.29) is 0 Å². The van der Waals surface area contributed by atoms with Crippen LogP contribution in [0.4, 0.5) is 0 Å². The molecule has 2 aromatic carbocycles. The van der Waals surface area contributed by atoms with Gasteiger partial charge in [0.15, 0.2) is 0 Å². The summed E-state index contributed by atoms with van der Waals surface area (Å²) in [5, 5.41) is 3.53. The van der Waals surface area contributed by atoms with Gasteiger partial charge in [0.1, 0.15) is 11.2 Å². The number of furan rings is 1. The predicted octanol–water partition coefficient (Wildman–Crippen LogP) is 5.59. The summed E-state index contributed by atoms with van der Waals surface area (Å²) < 4.78 is 26.2. The van der Waals surface area contributed by atoms with Crippen LogP contribution in [0.5, 0.6) is 0 Å². The van der Waals surface area contributed by atoms with E-state index in [0.29, 0.717) is 4.91 Å². The maximum atomic E-state index is 10.2. The molecule has 0 saturated carbocycles. The second kappa shape index (κ2) is 4.49. The highest BCUT2D eigenvalue weighted by molar-refractivity contribution is 8.34. The highest BCUT2D eigenvalue weighted by Gasteiger charge is 2.20. The van der Waals surface area contributed by atoms with Gasteiger partial charge in [0.2, 0.25) is 0 Å². The van der Waals surface area contributed by atoms with E-state index in [1.807, 2.05) is 48.5 Å². The minimum absolute atomic E-state index is 0.595. The Morgan fingerprint density at radius 3 is 2.62 bits per heavy atom. The molecule has 2 N–H and O–H groups in total. The molecule has 106 valence electrons. The zero-order chi connectivity index (χ0) is 14.4. The van der Waals surface area contributed by atoms with Gasteiger partial charge in [-0.3, -0.25) is 9.11 Å². The minimum Gasteiger partial charge on any atom is -0.456 e. The third-order valence-corrected chi connectivity index (χ3v) is 5.33. The Morgan fingerprint density at radius 2 is 1.76 bits per heavy atom. The molecule has 0 unspecified atom stereocenters. The molecule has 0 spiro atoms. The van der Waals surface area contributed by atoms with Crippen molar-refractivity contribution < 1.29 is 13.5 Å². The zero-order valence-corrected chi connectivity index (χ0v) is 12.0. The van der Waals surface area contributed by atoms with Gasteiger partial charge in [-0.2, -0.15) is 0 Å². The molecule has 1 aromatic heterocycles. The van der Waals surface area contributed by atoms with Crippen LogP contribution >= 0.6 is 10.6 Å². The molecule has 1 aliphatic heterocycles. The van der Waals surface area contributed by atoms with E-state index in [1.54, 1.807) is 6.08 Å². The lowest BCUT2D eigenvalue weighted by atomic mass is 10.1. The summed E-state index contributed by atoms with van der Waals surface area (Å²) in [7, 11) is -2.83. The first kappa shape index (κ1) is 12.7. The van der Waals surface area contributed by atoms with Crippen molar-refractivity contribution in [1.82, 2.24) is 0 Å². The van der Waals surface area contributed by atoms with E-state index in [2.05, 4.69) is 0 Å². The smallest absolute Gasteiger partial charge is 0.135 e. The Balaban J connectivity index is 1.95. The van der Waals surface area contributed by atoms with Crippen molar-refractivity contribution >= 4 is 37.4 Å². The van der Waals surface area contributed by atoms with Crippen LogP contribution in [0.1, 0.15) is 12.0 Å². The van der Waals surface area contributed by atoms with Gasteiger partial charge in [-0.25, -0.2) is 0 Å². The topological polar surface area (TPSA) is 53.6 Å². The van der Waals surface area contributed by atoms with Gasteiger partial charge >= 0.3 is 0 Å². The Morgan fingerprint density at radius 1 is 0.952 bits per heavy atom. The normalized spacial score (nSPS) is 18.9. The van der Waals surface area contributed by atoms with E-state index in [0.717, 1.165) is 33.9 Å². The lowest BCUT2D eigenvalue weighted by Gasteiger charge is -2.33. The highest BCUT2D eigenvalue weighted by atomic mass is 32.3. The number of fused-ring (bicyclic) bond motifs is 3. The Kier molecular flexibility index (Phi) is 2.72. The standard InChI is InChI=1S/C17H14O3S/c18-21(19)10-4-3-7-17(21)12-8-9-16-14(11-12)13-5-1-2-6-15(13)20-16/h1-2,4-11,18-19H,3H2. The first-order valence-electron chi connectivity index (χ1n) is 6.72. The maximum Gasteiger partial charge on any atom is 0.135 e. The number of benzene rings is 2. The fourth-order valence-electron chi connectivity index (χ4n) is 2.73. The highest BCUT2D eigenvalue weighted by Crippen LogP contribution is 2.56. The fourth-order valence-corrected chi connectivity index (χ4v) is 4.07. The molecule has 3 aromatic rings. The molecule has 0 atom stereocenters. The number of allylic oxidation sites excluding steroid dienone is 2. The molecule has 4 heteroatoms. The molecule has 0 saturated heterocycles. The van der Waals surface area contributed by atoms with Crippen molar-refractivity contribution in [3.63, 3.8) is 0 Å². The van der Waals surface area contributed by atoms with Crippen LogP contribution in [0.3, 0.4) is 0 Å². The molecule has 4 rings (SSSR count). The number of hydrogen-bond donors (Lipinski definition) is 2. The van der Waals surface area contributed by atoms with Crippen molar-refractivity contribution in [2.45, 2.75) is 6.42 Å². The van der Waals surface area contributed by atoms with Crippen LogP contribution in [-0.2, 0) is 0 Å². The summed E-state index contributed by atoms with van der Waals surface area (Å²) in [6.07, 6.45) is 4.37. The van der Waals surface area contributed by atoms with E-state index in [9.17, 15) is 9.11 Å². The summed E-state index contributed by atoms with van der Waals surface area (Å²) in [6.45, 7) is 0. The van der Waals surface area contributed by atoms with Crippen LogP contribution in [0.2, 0.25) is 0 Å². The number of rotatable bonds is 1. The molecule has 0 fully saturated rings. The molecule has 0 radical (unpaired) electrons. The van der Waals surface area contributed by atoms with Crippen LogP contribution in [0.25, 0.3) is 26.8 Å². The quantitative estimate of drug-likeness (QED) is 0.615. The van der Waals surface area contributed by atoms with Crippen LogP contribution in [0.15, 0.2) is 64.4 Å². The summed E-state index contributed by atoms with van der Waals surface area (Å²) in [5.41, 5.74) is 2.48. The summed E-state index contributed by atoms with van der Waals surface area (Å²) in [6, 6.07) is 13.6. The second-order valence-electron chi connectivity index (χ2n) is 5.08. The van der Waals surface area contributed by atoms with Gasteiger partial charge in [-0.15, -0.1) is 10.6 Å². The monoisotopic (exact) mass is 298 g/mol. The zero-order valence-electron chi connectivity index (χ0n) is 11.2. The van der Waals surface area contributed by atoms with E-state index in [4.69, 9.17) is 4.42 Å². The fraction of sp³-hybridized carbons (Fsp3) is 0.0588. The molecule has 0 bridgehead atoms.